The molecule has 0 N–H and O–H groups in total. The van der Waals surface area contributed by atoms with Crippen LogP contribution in [0.4, 0.5) is 0 Å². The Balaban J connectivity index is 1.79. The molecule has 0 aliphatic carbocycles. The molecule has 0 fully saturated rings. The molecule has 0 amide bonds. The summed E-state index contributed by atoms with van der Waals surface area (Å²) >= 11 is 1.62. The van der Waals surface area contributed by atoms with E-state index in [0.29, 0.717) is 11.3 Å². The van der Waals surface area contributed by atoms with Crippen LogP contribution in [-0.2, 0) is 5.41 Å². The van der Waals surface area contributed by atoms with Crippen molar-refractivity contribution >= 4 is 27.5 Å². The second-order valence-corrected chi connectivity index (χ2v) is 7.81. The minimum Gasteiger partial charge on any atom is -0.423 e. The lowest BCUT2D eigenvalue weighted by Gasteiger charge is -2.19. The first-order valence-corrected chi connectivity index (χ1v) is 8.34. The van der Waals surface area contributed by atoms with Gasteiger partial charge in [-0.05, 0) is 48.2 Å². The third-order valence-corrected chi connectivity index (χ3v) is 4.61. The summed E-state index contributed by atoms with van der Waals surface area (Å²) in [4.78, 5) is 16.7. The minimum absolute atomic E-state index is 0.0794. The summed E-state index contributed by atoms with van der Waals surface area (Å²) in [5.41, 5.74) is 2.64. The molecule has 0 aliphatic rings. The standard InChI is InChI=1S/C19H19NO2S/c1-12-20-16-11-13(5-10-17(16)23-12)18(21)22-15-8-6-14(7-9-15)19(2,3)4/h5-11H,1-4H3. The number of thiazole rings is 1. The van der Waals surface area contributed by atoms with Crippen molar-refractivity contribution < 1.29 is 9.53 Å². The molecular formula is C19H19NO2S. The number of nitrogens with zero attached hydrogens (tertiary/aromatic N) is 1. The number of esters is 1. The van der Waals surface area contributed by atoms with Crippen molar-refractivity contribution in [3.8, 4) is 5.75 Å². The number of benzene rings is 2. The van der Waals surface area contributed by atoms with Crippen LogP contribution in [0.15, 0.2) is 42.5 Å². The third-order valence-electron chi connectivity index (χ3n) is 3.66. The molecule has 0 aliphatic heterocycles. The Morgan fingerprint density at radius 3 is 2.43 bits per heavy atom. The highest BCUT2D eigenvalue weighted by molar-refractivity contribution is 7.18. The zero-order valence-corrected chi connectivity index (χ0v) is 14.5. The van der Waals surface area contributed by atoms with E-state index in [-0.39, 0.29) is 11.4 Å². The molecular weight excluding hydrogens is 306 g/mol. The first-order valence-electron chi connectivity index (χ1n) is 7.53. The molecule has 0 radical (unpaired) electrons. The maximum atomic E-state index is 12.3. The Labute approximate surface area is 139 Å². The topological polar surface area (TPSA) is 39.2 Å². The maximum Gasteiger partial charge on any atom is 0.343 e. The van der Waals surface area contributed by atoms with Gasteiger partial charge in [0.25, 0.3) is 0 Å². The fourth-order valence-electron chi connectivity index (χ4n) is 2.36. The Kier molecular flexibility index (Phi) is 3.94. The molecule has 3 aromatic rings. The van der Waals surface area contributed by atoms with Gasteiger partial charge in [0.2, 0.25) is 0 Å². The minimum atomic E-state index is -0.360. The maximum absolute atomic E-state index is 12.3. The largest absolute Gasteiger partial charge is 0.423 e. The van der Waals surface area contributed by atoms with Crippen LogP contribution >= 0.6 is 11.3 Å². The average molecular weight is 325 g/mol. The molecule has 0 spiro atoms. The number of aromatic nitrogens is 1. The van der Waals surface area contributed by atoms with Crippen LogP contribution in [0.2, 0.25) is 0 Å². The molecule has 0 bridgehead atoms. The quantitative estimate of drug-likeness (QED) is 0.485. The van der Waals surface area contributed by atoms with Crippen LogP contribution in [0, 0.1) is 6.92 Å². The molecule has 0 unspecified atom stereocenters. The molecule has 1 heterocycles. The first kappa shape index (κ1) is 15.7. The van der Waals surface area contributed by atoms with E-state index in [1.54, 1.807) is 23.5 Å². The summed E-state index contributed by atoms with van der Waals surface area (Å²) in [6.45, 7) is 8.41. The molecule has 3 rings (SSSR count). The number of rotatable bonds is 2. The predicted octanol–water partition coefficient (Wildman–Crippen LogP) is 5.12. The monoisotopic (exact) mass is 325 g/mol. The van der Waals surface area contributed by atoms with Crippen LogP contribution in [0.3, 0.4) is 0 Å². The summed E-state index contributed by atoms with van der Waals surface area (Å²) < 4.78 is 6.54. The van der Waals surface area contributed by atoms with Crippen molar-refractivity contribution in [3.05, 3.63) is 58.6 Å². The zero-order chi connectivity index (χ0) is 16.6. The summed E-state index contributed by atoms with van der Waals surface area (Å²) in [6.07, 6.45) is 0. The van der Waals surface area contributed by atoms with E-state index in [1.165, 1.54) is 5.56 Å². The molecule has 23 heavy (non-hydrogen) atoms. The van der Waals surface area contributed by atoms with Gasteiger partial charge in [-0.2, -0.15) is 0 Å². The third kappa shape index (κ3) is 3.42. The van der Waals surface area contributed by atoms with Crippen LogP contribution in [0.25, 0.3) is 10.2 Å². The highest BCUT2D eigenvalue weighted by Crippen LogP contribution is 2.26. The fourth-order valence-corrected chi connectivity index (χ4v) is 3.17. The van der Waals surface area contributed by atoms with E-state index in [9.17, 15) is 4.79 Å². The molecule has 3 nitrogen and oxygen atoms in total. The molecule has 1 aromatic heterocycles. The zero-order valence-electron chi connectivity index (χ0n) is 13.7. The lowest BCUT2D eigenvalue weighted by Crippen LogP contribution is -2.11. The van der Waals surface area contributed by atoms with Crippen molar-refractivity contribution in [3.63, 3.8) is 0 Å². The smallest absolute Gasteiger partial charge is 0.343 e. The Morgan fingerprint density at radius 1 is 1.09 bits per heavy atom. The number of hydrogen-bond donors (Lipinski definition) is 0. The van der Waals surface area contributed by atoms with Gasteiger partial charge in [0.1, 0.15) is 5.75 Å². The molecule has 118 valence electrons. The van der Waals surface area contributed by atoms with Gasteiger partial charge in [-0.3, -0.25) is 0 Å². The molecule has 4 heteroatoms. The summed E-state index contributed by atoms with van der Waals surface area (Å²) in [5.74, 6) is 0.193. The van der Waals surface area contributed by atoms with Crippen molar-refractivity contribution in [1.29, 1.82) is 0 Å². The van der Waals surface area contributed by atoms with Gasteiger partial charge in [0.15, 0.2) is 0 Å². The van der Waals surface area contributed by atoms with Crippen LogP contribution in [-0.4, -0.2) is 11.0 Å². The molecule has 0 atom stereocenters. The van der Waals surface area contributed by atoms with E-state index >= 15 is 0 Å². The second-order valence-electron chi connectivity index (χ2n) is 6.58. The van der Waals surface area contributed by atoms with E-state index in [1.807, 2.05) is 37.3 Å². The summed E-state index contributed by atoms with van der Waals surface area (Å²) in [7, 11) is 0. The van der Waals surface area contributed by atoms with Gasteiger partial charge in [-0.25, -0.2) is 9.78 Å². The number of aryl methyl sites for hydroxylation is 1. The van der Waals surface area contributed by atoms with Gasteiger partial charge in [0, 0.05) is 0 Å². The molecule has 0 saturated heterocycles. The van der Waals surface area contributed by atoms with Crippen LogP contribution in [0.1, 0.15) is 41.7 Å². The fraction of sp³-hybridized carbons (Fsp3) is 0.263. The van der Waals surface area contributed by atoms with Crippen molar-refractivity contribution in [2.75, 3.05) is 0 Å². The first-order chi connectivity index (χ1) is 10.8. The molecule has 0 saturated carbocycles. The van der Waals surface area contributed by atoms with Crippen molar-refractivity contribution in [1.82, 2.24) is 4.98 Å². The lowest BCUT2D eigenvalue weighted by molar-refractivity contribution is 0.0735. The number of ether oxygens (including phenoxy) is 1. The van der Waals surface area contributed by atoms with E-state index in [0.717, 1.165) is 15.2 Å². The van der Waals surface area contributed by atoms with Crippen molar-refractivity contribution in [2.45, 2.75) is 33.1 Å². The Bertz CT molecular complexity index is 857. The van der Waals surface area contributed by atoms with Gasteiger partial charge in [-0.1, -0.05) is 32.9 Å². The van der Waals surface area contributed by atoms with Gasteiger partial charge in [0.05, 0.1) is 20.8 Å². The van der Waals surface area contributed by atoms with E-state index in [2.05, 4.69) is 25.8 Å². The van der Waals surface area contributed by atoms with Crippen LogP contribution < -0.4 is 4.74 Å². The number of carbonyl (C=O) groups excluding carboxylic acids is 1. The van der Waals surface area contributed by atoms with E-state index in [4.69, 9.17) is 4.74 Å². The van der Waals surface area contributed by atoms with Gasteiger partial charge in [-0.15, -0.1) is 11.3 Å². The SMILES string of the molecule is Cc1nc2cc(C(=O)Oc3ccc(C(C)(C)C)cc3)ccc2s1. The summed E-state index contributed by atoms with van der Waals surface area (Å²) in [6, 6.07) is 13.1. The number of fused-ring (bicyclic) bond motifs is 1. The Hall–Kier alpha value is -2.20. The van der Waals surface area contributed by atoms with Crippen molar-refractivity contribution in [2.24, 2.45) is 0 Å². The predicted molar refractivity (Wildman–Crippen MR) is 94.5 cm³/mol. The van der Waals surface area contributed by atoms with Gasteiger partial charge >= 0.3 is 5.97 Å². The lowest BCUT2D eigenvalue weighted by atomic mass is 9.87. The molecule has 2 aromatic carbocycles. The number of carbonyl (C=O) groups is 1. The Morgan fingerprint density at radius 2 is 1.78 bits per heavy atom. The summed E-state index contributed by atoms with van der Waals surface area (Å²) in [5, 5.41) is 0.989. The highest BCUT2D eigenvalue weighted by Gasteiger charge is 2.15. The second kappa shape index (κ2) is 5.78. The average Bonchev–Trinajstić information content (AvgIpc) is 2.85. The number of hydrogen-bond acceptors (Lipinski definition) is 4. The van der Waals surface area contributed by atoms with Crippen LogP contribution in [0.5, 0.6) is 5.75 Å². The normalized spacial score (nSPS) is 11.7. The van der Waals surface area contributed by atoms with Gasteiger partial charge < -0.3 is 4.74 Å². The van der Waals surface area contributed by atoms with E-state index < -0.39 is 0 Å². The highest BCUT2D eigenvalue weighted by atomic mass is 32.1.